The Morgan fingerprint density at radius 1 is 1.43 bits per heavy atom. The molecule has 0 saturated carbocycles. The first kappa shape index (κ1) is 8.50. The summed E-state index contributed by atoms with van der Waals surface area (Å²) in [4.78, 5) is 14.9. The van der Waals surface area contributed by atoms with E-state index in [9.17, 15) is 4.79 Å². The second-order valence-electron chi connectivity index (χ2n) is 2.94. The predicted octanol–water partition coefficient (Wildman–Crippen LogP) is 1.52. The van der Waals surface area contributed by atoms with Crippen LogP contribution in [0.15, 0.2) is 30.5 Å². The molecule has 0 aliphatic rings. The number of aromatic carboxylic acids is 1. The van der Waals surface area contributed by atoms with Crippen molar-refractivity contribution in [2.45, 2.75) is 0 Å². The van der Waals surface area contributed by atoms with E-state index in [2.05, 4.69) is 4.98 Å². The van der Waals surface area contributed by atoms with E-state index in [1.807, 2.05) is 0 Å². The van der Waals surface area contributed by atoms with E-state index < -0.39 is 5.97 Å². The van der Waals surface area contributed by atoms with Gasteiger partial charge in [0.15, 0.2) is 0 Å². The smallest absolute Gasteiger partial charge is 0.336 e. The van der Waals surface area contributed by atoms with Crippen molar-refractivity contribution in [2.24, 2.45) is 0 Å². The van der Waals surface area contributed by atoms with E-state index in [1.54, 1.807) is 24.4 Å². The van der Waals surface area contributed by atoms with Gasteiger partial charge in [0.2, 0.25) is 0 Å². The van der Waals surface area contributed by atoms with Crippen LogP contribution in [-0.2, 0) is 0 Å². The minimum atomic E-state index is -0.990. The van der Waals surface area contributed by atoms with E-state index in [0.29, 0.717) is 16.6 Å². The molecular weight excluding hydrogens is 180 g/mol. The molecule has 2 aromatic rings. The van der Waals surface area contributed by atoms with Gasteiger partial charge in [0.25, 0.3) is 0 Å². The summed E-state index contributed by atoms with van der Waals surface area (Å²) < 4.78 is 0. The zero-order valence-corrected chi connectivity index (χ0v) is 7.27. The van der Waals surface area contributed by atoms with Crippen LogP contribution in [0.1, 0.15) is 10.4 Å². The fourth-order valence-corrected chi connectivity index (χ4v) is 1.38. The van der Waals surface area contributed by atoms with Crippen LogP contribution in [0.25, 0.3) is 10.9 Å². The molecule has 4 nitrogen and oxygen atoms in total. The summed E-state index contributed by atoms with van der Waals surface area (Å²) in [5, 5.41) is 9.53. The number of carbonyl (C=O) groups is 1. The van der Waals surface area contributed by atoms with E-state index in [4.69, 9.17) is 10.8 Å². The Balaban J connectivity index is 2.87. The summed E-state index contributed by atoms with van der Waals surface area (Å²) in [6.07, 6.45) is 1.60. The maximum Gasteiger partial charge on any atom is 0.336 e. The van der Waals surface area contributed by atoms with Gasteiger partial charge in [-0.2, -0.15) is 0 Å². The minimum Gasteiger partial charge on any atom is -0.478 e. The SMILES string of the molecule is Nc1cc(C(=O)O)c2cccnc2c1. The lowest BCUT2D eigenvalue weighted by atomic mass is 10.1. The Bertz CT molecular complexity index is 508. The number of fused-ring (bicyclic) bond motifs is 1. The van der Waals surface area contributed by atoms with Crippen molar-refractivity contribution in [3.63, 3.8) is 0 Å². The largest absolute Gasteiger partial charge is 0.478 e. The van der Waals surface area contributed by atoms with Crippen molar-refractivity contribution in [1.82, 2.24) is 4.98 Å². The number of nitrogens with two attached hydrogens (primary N) is 1. The standard InChI is InChI=1S/C10H8N2O2/c11-6-4-8(10(13)14)7-2-1-3-12-9(7)5-6/h1-5H,11H2,(H,13,14). The van der Waals surface area contributed by atoms with Gasteiger partial charge in [-0.3, -0.25) is 4.98 Å². The molecule has 0 fully saturated rings. The molecule has 14 heavy (non-hydrogen) atoms. The number of benzene rings is 1. The third-order valence-electron chi connectivity index (χ3n) is 1.97. The number of nitrogens with zero attached hydrogens (tertiary/aromatic N) is 1. The zero-order chi connectivity index (χ0) is 10.1. The Morgan fingerprint density at radius 3 is 2.93 bits per heavy atom. The number of aromatic nitrogens is 1. The Morgan fingerprint density at radius 2 is 2.21 bits per heavy atom. The number of nitrogen functional groups attached to an aromatic ring is 1. The summed E-state index contributed by atoms with van der Waals surface area (Å²) >= 11 is 0. The van der Waals surface area contributed by atoms with Crippen molar-refractivity contribution in [3.8, 4) is 0 Å². The first-order valence-corrected chi connectivity index (χ1v) is 4.06. The quantitative estimate of drug-likeness (QED) is 0.665. The third kappa shape index (κ3) is 1.26. The Hall–Kier alpha value is -2.10. The van der Waals surface area contributed by atoms with Crippen LogP contribution in [0.5, 0.6) is 0 Å². The van der Waals surface area contributed by atoms with Crippen molar-refractivity contribution < 1.29 is 9.90 Å². The van der Waals surface area contributed by atoms with Crippen LogP contribution in [0.3, 0.4) is 0 Å². The van der Waals surface area contributed by atoms with Gasteiger partial charge in [0, 0.05) is 17.3 Å². The Labute approximate surface area is 80.0 Å². The van der Waals surface area contributed by atoms with E-state index >= 15 is 0 Å². The van der Waals surface area contributed by atoms with Crippen LogP contribution >= 0.6 is 0 Å². The van der Waals surface area contributed by atoms with Gasteiger partial charge in [0.1, 0.15) is 0 Å². The molecule has 70 valence electrons. The topological polar surface area (TPSA) is 76.2 Å². The summed E-state index contributed by atoms with van der Waals surface area (Å²) in [6, 6.07) is 6.50. The van der Waals surface area contributed by atoms with Crippen molar-refractivity contribution in [2.75, 3.05) is 5.73 Å². The number of rotatable bonds is 1. The van der Waals surface area contributed by atoms with E-state index in [-0.39, 0.29) is 5.56 Å². The number of hydrogen-bond acceptors (Lipinski definition) is 3. The fraction of sp³-hybridized carbons (Fsp3) is 0. The second-order valence-corrected chi connectivity index (χ2v) is 2.94. The average molecular weight is 188 g/mol. The number of carboxylic acids is 1. The molecular formula is C10H8N2O2. The highest BCUT2D eigenvalue weighted by atomic mass is 16.4. The summed E-state index contributed by atoms with van der Waals surface area (Å²) in [5.74, 6) is -0.990. The molecule has 1 aromatic heterocycles. The molecule has 0 bridgehead atoms. The molecule has 4 heteroatoms. The van der Waals surface area contributed by atoms with Crippen molar-refractivity contribution in [1.29, 1.82) is 0 Å². The van der Waals surface area contributed by atoms with Gasteiger partial charge >= 0.3 is 5.97 Å². The molecule has 0 aliphatic carbocycles. The molecule has 0 atom stereocenters. The van der Waals surface area contributed by atoms with Crippen LogP contribution in [0, 0.1) is 0 Å². The lowest BCUT2D eigenvalue weighted by Gasteiger charge is -2.02. The van der Waals surface area contributed by atoms with Gasteiger partial charge in [-0.15, -0.1) is 0 Å². The molecule has 0 saturated heterocycles. The second kappa shape index (κ2) is 2.99. The van der Waals surface area contributed by atoms with Crippen LogP contribution in [-0.4, -0.2) is 16.1 Å². The third-order valence-corrected chi connectivity index (χ3v) is 1.97. The monoisotopic (exact) mass is 188 g/mol. The molecule has 2 rings (SSSR count). The van der Waals surface area contributed by atoms with E-state index in [1.165, 1.54) is 6.07 Å². The number of hydrogen-bond donors (Lipinski definition) is 2. The average Bonchev–Trinajstić information content (AvgIpc) is 2.16. The highest BCUT2D eigenvalue weighted by Crippen LogP contribution is 2.20. The molecule has 0 radical (unpaired) electrons. The highest BCUT2D eigenvalue weighted by Gasteiger charge is 2.09. The van der Waals surface area contributed by atoms with Crippen molar-refractivity contribution >= 4 is 22.6 Å². The van der Waals surface area contributed by atoms with Crippen molar-refractivity contribution in [3.05, 3.63) is 36.0 Å². The Kier molecular flexibility index (Phi) is 1.81. The highest BCUT2D eigenvalue weighted by molar-refractivity contribution is 6.03. The summed E-state index contributed by atoms with van der Waals surface area (Å²) in [6.45, 7) is 0. The number of carboxylic acid groups (broad SMARTS) is 1. The molecule has 1 heterocycles. The van der Waals surface area contributed by atoms with E-state index in [0.717, 1.165) is 0 Å². The minimum absolute atomic E-state index is 0.188. The lowest BCUT2D eigenvalue weighted by molar-refractivity contribution is 0.0699. The van der Waals surface area contributed by atoms with Gasteiger partial charge in [0.05, 0.1) is 11.1 Å². The van der Waals surface area contributed by atoms with Gasteiger partial charge < -0.3 is 10.8 Å². The first-order chi connectivity index (χ1) is 6.68. The maximum absolute atomic E-state index is 10.9. The molecule has 0 amide bonds. The molecule has 1 aromatic carbocycles. The van der Waals surface area contributed by atoms with Gasteiger partial charge in [-0.1, -0.05) is 6.07 Å². The normalized spacial score (nSPS) is 10.3. The number of anilines is 1. The molecule has 0 aliphatic heterocycles. The number of pyridine rings is 1. The predicted molar refractivity (Wildman–Crippen MR) is 53.1 cm³/mol. The van der Waals surface area contributed by atoms with Crippen LogP contribution in [0.2, 0.25) is 0 Å². The lowest BCUT2D eigenvalue weighted by Crippen LogP contribution is -2.00. The first-order valence-electron chi connectivity index (χ1n) is 4.06. The summed E-state index contributed by atoms with van der Waals surface area (Å²) in [5.41, 5.74) is 6.76. The molecule has 0 unspecified atom stereocenters. The molecule has 3 N–H and O–H groups in total. The van der Waals surface area contributed by atoms with Gasteiger partial charge in [-0.25, -0.2) is 4.79 Å². The zero-order valence-electron chi connectivity index (χ0n) is 7.27. The fourth-order valence-electron chi connectivity index (χ4n) is 1.38. The van der Waals surface area contributed by atoms with Crippen LogP contribution in [0.4, 0.5) is 5.69 Å². The van der Waals surface area contributed by atoms with Gasteiger partial charge in [-0.05, 0) is 18.2 Å². The van der Waals surface area contributed by atoms with Crippen LogP contribution < -0.4 is 5.73 Å². The molecule has 0 spiro atoms. The summed E-state index contributed by atoms with van der Waals surface area (Å²) in [7, 11) is 0. The maximum atomic E-state index is 10.9.